The number of carbonyl (C=O) groups is 1. The number of alkyl halides is 3. The Morgan fingerprint density at radius 3 is 2.42 bits per heavy atom. The zero-order valence-electron chi connectivity index (χ0n) is 20.4. The number of hydrogen-bond acceptors (Lipinski definition) is 4. The van der Waals surface area contributed by atoms with Crippen LogP contribution in [-0.4, -0.2) is 31.6 Å². The van der Waals surface area contributed by atoms with Gasteiger partial charge in [0.2, 0.25) is 0 Å². The molecule has 1 amide bonds. The SMILES string of the molecule is Cc1nn(Cc2c(Cl)cccc2Cl)c(C)c1NC(=O)c1cc2n(n1)[C@@H](C(F)(F)F)C[C@@H](c1ccccc1)N2. The monoisotopic (exact) mass is 562 g/mol. The molecule has 2 atom stereocenters. The molecule has 198 valence electrons. The van der Waals surface area contributed by atoms with Crippen LogP contribution in [0.1, 0.15) is 51.5 Å². The fourth-order valence-electron chi connectivity index (χ4n) is 4.63. The predicted molar refractivity (Wildman–Crippen MR) is 140 cm³/mol. The lowest BCUT2D eigenvalue weighted by Gasteiger charge is -2.33. The Morgan fingerprint density at radius 1 is 1.08 bits per heavy atom. The van der Waals surface area contributed by atoms with E-state index in [1.54, 1.807) is 67.1 Å². The summed E-state index contributed by atoms with van der Waals surface area (Å²) in [6.07, 6.45) is -4.79. The van der Waals surface area contributed by atoms with Gasteiger partial charge in [0.25, 0.3) is 5.91 Å². The summed E-state index contributed by atoms with van der Waals surface area (Å²) in [5.74, 6) is -0.525. The number of nitrogens with zero attached hydrogens (tertiary/aromatic N) is 4. The van der Waals surface area contributed by atoms with Gasteiger partial charge in [-0.15, -0.1) is 0 Å². The summed E-state index contributed by atoms with van der Waals surface area (Å²) in [5, 5.41) is 15.4. The lowest BCUT2D eigenvalue weighted by molar-refractivity contribution is -0.173. The van der Waals surface area contributed by atoms with Crippen LogP contribution in [0.5, 0.6) is 0 Å². The van der Waals surface area contributed by atoms with Crippen LogP contribution < -0.4 is 10.6 Å². The molecule has 1 aliphatic heterocycles. The van der Waals surface area contributed by atoms with Crippen LogP contribution in [0.15, 0.2) is 54.6 Å². The average Bonchev–Trinajstić information content (AvgIpc) is 3.42. The number of amides is 1. The number of anilines is 2. The van der Waals surface area contributed by atoms with Crippen molar-refractivity contribution in [3.05, 3.63) is 92.9 Å². The first kappa shape index (κ1) is 26.1. The fourth-order valence-corrected chi connectivity index (χ4v) is 5.15. The van der Waals surface area contributed by atoms with E-state index in [-0.39, 0.29) is 24.5 Å². The van der Waals surface area contributed by atoms with Gasteiger partial charge in [0, 0.05) is 28.1 Å². The molecule has 12 heteroatoms. The fraction of sp³-hybridized carbons (Fsp3) is 0.269. The van der Waals surface area contributed by atoms with Gasteiger partial charge in [0.15, 0.2) is 11.7 Å². The molecule has 2 aromatic heterocycles. The molecule has 2 N–H and O–H groups in total. The lowest BCUT2D eigenvalue weighted by Crippen LogP contribution is -2.35. The second-order valence-electron chi connectivity index (χ2n) is 9.12. The largest absolute Gasteiger partial charge is 0.410 e. The van der Waals surface area contributed by atoms with Gasteiger partial charge in [0.1, 0.15) is 5.82 Å². The maximum atomic E-state index is 14.0. The molecule has 0 saturated heterocycles. The molecular weight excluding hydrogens is 540 g/mol. The summed E-state index contributed by atoms with van der Waals surface area (Å²) in [7, 11) is 0. The van der Waals surface area contributed by atoms with Gasteiger partial charge in [-0.05, 0) is 31.5 Å². The number of carbonyl (C=O) groups excluding carboxylic acids is 1. The van der Waals surface area contributed by atoms with Crippen molar-refractivity contribution in [2.24, 2.45) is 0 Å². The van der Waals surface area contributed by atoms with Crippen molar-refractivity contribution in [2.75, 3.05) is 10.6 Å². The van der Waals surface area contributed by atoms with Crippen molar-refractivity contribution >= 4 is 40.6 Å². The molecule has 0 radical (unpaired) electrons. The highest BCUT2D eigenvalue weighted by Gasteiger charge is 2.46. The molecule has 0 spiro atoms. The number of rotatable bonds is 5. The van der Waals surface area contributed by atoms with Crippen LogP contribution in [0.3, 0.4) is 0 Å². The van der Waals surface area contributed by atoms with Crippen LogP contribution in [0, 0.1) is 13.8 Å². The molecule has 0 saturated carbocycles. The Morgan fingerprint density at radius 2 is 1.76 bits per heavy atom. The van der Waals surface area contributed by atoms with E-state index in [4.69, 9.17) is 23.2 Å². The summed E-state index contributed by atoms with van der Waals surface area (Å²) in [4.78, 5) is 13.1. The number of aromatic nitrogens is 4. The van der Waals surface area contributed by atoms with E-state index < -0.39 is 24.2 Å². The Labute approximate surface area is 226 Å². The Hall–Kier alpha value is -3.50. The van der Waals surface area contributed by atoms with Crippen LogP contribution in [0.25, 0.3) is 0 Å². The first-order valence-corrected chi connectivity index (χ1v) is 12.5. The maximum Gasteiger partial charge on any atom is 0.410 e. The van der Waals surface area contributed by atoms with Gasteiger partial charge in [-0.3, -0.25) is 9.48 Å². The van der Waals surface area contributed by atoms with Crippen molar-refractivity contribution in [1.82, 2.24) is 19.6 Å². The first-order chi connectivity index (χ1) is 18.0. The molecule has 3 heterocycles. The van der Waals surface area contributed by atoms with Gasteiger partial charge < -0.3 is 10.6 Å². The molecule has 1 aliphatic rings. The lowest BCUT2D eigenvalue weighted by atomic mass is 9.97. The van der Waals surface area contributed by atoms with Crippen molar-refractivity contribution in [2.45, 2.75) is 45.1 Å². The molecule has 0 unspecified atom stereocenters. The summed E-state index contributed by atoms with van der Waals surface area (Å²) in [5.41, 5.74) is 2.85. The van der Waals surface area contributed by atoms with E-state index in [2.05, 4.69) is 20.8 Å². The minimum absolute atomic E-state index is 0.120. The van der Waals surface area contributed by atoms with Gasteiger partial charge >= 0.3 is 6.18 Å². The van der Waals surface area contributed by atoms with Gasteiger partial charge in [0.05, 0.1) is 29.7 Å². The standard InChI is InChI=1S/C26H23Cl2F3N6O/c1-14-24(15(2)36(34-14)13-17-18(27)9-6-10-19(17)28)33-25(38)21-12-23-32-20(16-7-4-3-5-8-16)11-22(26(29,30)31)37(23)35-21/h3-10,12,20,22,32H,11,13H2,1-2H3,(H,33,38)/t20-,22+/m0/s1. The molecule has 0 bridgehead atoms. The summed E-state index contributed by atoms with van der Waals surface area (Å²) in [6.45, 7) is 3.76. The highest BCUT2D eigenvalue weighted by molar-refractivity contribution is 6.36. The predicted octanol–water partition coefficient (Wildman–Crippen LogP) is 6.96. The highest BCUT2D eigenvalue weighted by Crippen LogP contribution is 2.43. The Balaban J connectivity index is 1.41. The first-order valence-electron chi connectivity index (χ1n) is 11.8. The van der Waals surface area contributed by atoms with Crippen LogP contribution >= 0.6 is 23.2 Å². The third-order valence-electron chi connectivity index (χ3n) is 6.61. The van der Waals surface area contributed by atoms with Gasteiger partial charge in [-0.2, -0.15) is 23.4 Å². The van der Waals surface area contributed by atoms with Crippen molar-refractivity contribution < 1.29 is 18.0 Å². The molecule has 4 aromatic rings. The number of fused-ring (bicyclic) bond motifs is 1. The van der Waals surface area contributed by atoms with Crippen LogP contribution in [0.2, 0.25) is 10.0 Å². The highest BCUT2D eigenvalue weighted by atomic mass is 35.5. The van der Waals surface area contributed by atoms with Gasteiger partial charge in [-0.1, -0.05) is 59.6 Å². The smallest absolute Gasteiger partial charge is 0.363 e. The maximum absolute atomic E-state index is 14.0. The minimum atomic E-state index is -4.54. The van der Waals surface area contributed by atoms with E-state index in [1.165, 1.54) is 6.07 Å². The summed E-state index contributed by atoms with van der Waals surface area (Å²) < 4.78 is 44.5. The molecule has 38 heavy (non-hydrogen) atoms. The van der Waals surface area contributed by atoms with E-state index >= 15 is 0 Å². The molecular formula is C26H23Cl2F3N6O. The normalized spacial score (nSPS) is 17.1. The number of benzene rings is 2. The third kappa shape index (κ3) is 4.98. The second-order valence-corrected chi connectivity index (χ2v) is 9.93. The Bertz CT molecular complexity index is 1480. The Kier molecular flexibility index (Phi) is 6.87. The van der Waals surface area contributed by atoms with E-state index in [1.807, 2.05) is 0 Å². The topological polar surface area (TPSA) is 76.8 Å². The number of aryl methyl sites for hydroxylation is 1. The summed E-state index contributed by atoms with van der Waals surface area (Å²) >= 11 is 12.6. The molecule has 0 aliphatic carbocycles. The van der Waals surface area contributed by atoms with Crippen molar-refractivity contribution in [3.8, 4) is 0 Å². The second kappa shape index (κ2) is 9.99. The molecule has 2 aromatic carbocycles. The zero-order chi connectivity index (χ0) is 27.2. The number of nitrogens with one attached hydrogen (secondary N) is 2. The van der Waals surface area contributed by atoms with E-state index in [0.29, 0.717) is 32.7 Å². The molecule has 7 nitrogen and oxygen atoms in total. The average molecular weight is 563 g/mol. The quantitative estimate of drug-likeness (QED) is 0.275. The van der Waals surface area contributed by atoms with E-state index in [9.17, 15) is 18.0 Å². The molecule has 0 fully saturated rings. The van der Waals surface area contributed by atoms with Crippen molar-refractivity contribution in [1.29, 1.82) is 0 Å². The minimum Gasteiger partial charge on any atom is -0.363 e. The van der Waals surface area contributed by atoms with Crippen molar-refractivity contribution in [3.63, 3.8) is 0 Å². The van der Waals surface area contributed by atoms with Crippen LogP contribution in [0.4, 0.5) is 24.7 Å². The van der Waals surface area contributed by atoms with Gasteiger partial charge in [-0.25, -0.2) is 4.68 Å². The summed E-state index contributed by atoms with van der Waals surface area (Å²) in [6, 6.07) is 12.9. The third-order valence-corrected chi connectivity index (χ3v) is 7.32. The van der Waals surface area contributed by atoms with E-state index in [0.717, 1.165) is 10.2 Å². The molecule has 5 rings (SSSR count). The van der Waals surface area contributed by atoms with Crippen LogP contribution in [-0.2, 0) is 6.54 Å². The number of hydrogen-bond donors (Lipinski definition) is 2. The number of halogens is 5. The zero-order valence-corrected chi connectivity index (χ0v) is 21.9.